The van der Waals surface area contributed by atoms with E-state index in [0.717, 1.165) is 5.56 Å². The van der Waals surface area contributed by atoms with Crippen molar-refractivity contribution in [2.75, 3.05) is 0 Å². The Morgan fingerprint density at radius 1 is 0.610 bits per heavy atom. The molecule has 1 aliphatic carbocycles. The molecule has 0 aromatic heterocycles. The van der Waals surface area contributed by atoms with Crippen LogP contribution in [0.15, 0.2) is 121 Å². The van der Waals surface area contributed by atoms with E-state index in [1.807, 2.05) is 6.07 Å². The van der Waals surface area contributed by atoms with Gasteiger partial charge in [-0.3, -0.25) is 0 Å². The van der Waals surface area contributed by atoms with Crippen LogP contribution in [0.25, 0.3) is 61.0 Å². The number of rotatable bonds is 4. The topological polar surface area (TPSA) is 37.3 Å². The van der Waals surface area contributed by atoms with Crippen LogP contribution in [0.4, 0.5) is 0 Å². The van der Waals surface area contributed by atoms with Crippen LogP contribution < -0.4 is 0 Å². The summed E-state index contributed by atoms with van der Waals surface area (Å²) in [4.78, 5) is 11.5. The third-order valence-electron chi connectivity index (χ3n) is 8.69. The zero-order chi connectivity index (χ0) is 28.3. The second-order valence-electron chi connectivity index (χ2n) is 11.5. The van der Waals surface area contributed by atoms with Gasteiger partial charge >= 0.3 is 5.97 Å². The van der Waals surface area contributed by atoms with E-state index in [2.05, 4.69) is 123 Å². The normalized spacial score (nSPS) is 13.8. The summed E-state index contributed by atoms with van der Waals surface area (Å²) in [6, 6.07) is 41.4. The first-order valence-electron chi connectivity index (χ1n) is 14.0. The van der Waals surface area contributed by atoms with Gasteiger partial charge in [0.25, 0.3) is 0 Å². The van der Waals surface area contributed by atoms with Gasteiger partial charge in [0.05, 0.1) is 0 Å². The molecule has 0 spiro atoms. The fraction of sp³-hybridized carbons (Fsp3) is 0.103. The van der Waals surface area contributed by atoms with Crippen LogP contribution in [-0.4, -0.2) is 11.1 Å². The lowest BCUT2D eigenvalue weighted by atomic mass is 9.79. The molecule has 0 heterocycles. The van der Waals surface area contributed by atoms with Gasteiger partial charge in [-0.1, -0.05) is 117 Å². The van der Waals surface area contributed by atoms with Crippen molar-refractivity contribution in [3.63, 3.8) is 0 Å². The predicted octanol–water partition coefficient (Wildman–Crippen LogP) is 10.1. The monoisotopic (exact) mass is 530 g/mol. The molecule has 0 aliphatic heterocycles. The number of carboxylic acid groups (broad SMARTS) is 1. The molecule has 0 unspecified atom stereocenters. The van der Waals surface area contributed by atoms with Gasteiger partial charge in [-0.2, -0.15) is 0 Å². The van der Waals surface area contributed by atoms with Crippen LogP contribution in [-0.2, 0) is 10.2 Å². The highest BCUT2D eigenvalue weighted by Crippen LogP contribution is 2.53. The van der Waals surface area contributed by atoms with E-state index in [1.165, 1.54) is 66.1 Å². The standard InChI is InChI=1S/C39H30O2/c1-24(38(40)41)20-25-18-19-28-31-22-32-33(23-35(31)39(2,3)34(28)21-25)37(27-14-8-5-9-15-27)30-17-11-10-16-29(30)36(32)26-12-6-4-7-13-26/h4-23H,1-3H3,(H,40,41)/b24-20+. The molecule has 2 heteroatoms. The smallest absolute Gasteiger partial charge is 0.331 e. The first-order chi connectivity index (χ1) is 19.8. The maximum atomic E-state index is 11.5. The number of carbonyl (C=O) groups is 1. The highest BCUT2D eigenvalue weighted by atomic mass is 16.4. The first kappa shape index (κ1) is 25.0. The molecule has 0 bridgehead atoms. The van der Waals surface area contributed by atoms with Gasteiger partial charge < -0.3 is 5.11 Å². The summed E-state index contributed by atoms with van der Waals surface area (Å²) >= 11 is 0. The minimum Gasteiger partial charge on any atom is -0.478 e. The highest BCUT2D eigenvalue weighted by Gasteiger charge is 2.36. The van der Waals surface area contributed by atoms with E-state index in [-0.39, 0.29) is 5.41 Å². The molecule has 0 amide bonds. The lowest BCUT2D eigenvalue weighted by molar-refractivity contribution is -0.132. The molecule has 0 fully saturated rings. The van der Waals surface area contributed by atoms with Crippen molar-refractivity contribution in [2.24, 2.45) is 0 Å². The summed E-state index contributed by atoms with van der Waals surface area (Å²) in [5.41, 5.74) is 10.9. The first-order valence-corrected chi connectivity index (χ1v) is 14.0. The van der Waals surface area contributed by atoms with Crippen LogP contribution in [0.2, 0.25) is 0 Å². The summed E-state index contributed by atoms with van der Waals surface area (Å²) < 4.78 is 0. The van der Waals surface area contributed by atoms with Crippen molar-refractivity contribution in [3.8, 4) is 33.4 Å². The molecule has 0 saturated carbocycles. The Hall–Kier alpha value is -4.95. The summed E-state index contributed by atoms with van der Waals surface area (Å²) in [6.45, 7) is 6.20. The van der Waals surface area contributed by atoms with E-state index in [0.29, 0.717) is 5.57 Å². The molecular formula is C39H30O2. The molecule has 6 aromatic carbocycles. The van der Waals surface area contributed by atoms with Crippen molar-refractivity contribution in [3.05, 3.63) is 138 Å². The Bertz CT molecular complexity index is 2030. The van der Waals surface area contributed by atoms with Gasteiger partial charge in [-0.25, -0.2) is 4.79 Å². The third kappa shape index (κ3) is 3.90. The number of hydrogen-bond acceptors (Lipinski definition) is 1. The summed E-state index contributed by atoms with van der Waals surface area (Å²) in [5.74, 6) is -0.895. The number of fused-ring (bicyclic) bond motifs is 5. The zero-order valence-corrected chi connectivity index (χ0v) is 23.4. The van der Waals surface area contributed by atoms with E-state index in [9.17, 15) is 9.90 Å². The van der Waals surface area contributed by atoms with E-state index in [4.69, 9.17) is 0 Å². The molecule has 0 saturated heterocycles. The third-order valence-corrected chi connectivity index (χ3v) is 8.69. The van der Waals surface area contributed by atoms with Crippen LogP contribution in [0.3, 0.4) is 0 Å². The Balaban J connectivity index is 1.60. The second kappa shape index (κ2) is 9.31. The fourth-order valence-corrected chi connectivity index (χ4v) is 6.65. The maximum Gasteiger partial charge on any atom is 0.331 e. The summed E-state index contributed by atoms with van der Waals surface area (Å²) in [7, 11) is 0. The molecule has 198 valence electrons. The molecule has 41 heavy (non-hydrogen) atoms. The van der Waals surface area contributed by atoms with Crippen molar-refractivity contribution in [1.29, 1.82) is 0 Å². The van der Waals surface area contributed by atoms with Gasteiger partial charge in [-0.05, 0) is 96.7 Å². The Morgan fingerprint density at radius 2 is 1.12 bits per heavy atom. The summed E-state index contributed by atoms with van der Waals surface area (Å²) in [5, 5.41) is 14.4. The lowest BCUT2D eigenvalue weighted by Crippen LogP contribution is -2.15. The molecule has 0 radical (unpaired) electrons. The highest BCUT2D eigenvalue weighted by molar-refractivity contribution is 6.22. The SMILES string of the molecule is C/C(=C\c1ccc2c(c1)C(C)(C)c1cc3c(-c4ccccc4)c4ccccc4c(-c4ccccc4)c3cc1-2)C(=O)O. The Kier molecular flexibility index (Phi) is 5.69. The average Bonchev–Trinajstić information content (AvgIpc) is 3.20. The molecule has 2 nitrogen and oxygen atoms in total. The predicted molar refractivity (Wildman–Crippen MR) is 171 cm³/mol. The van der Waals surface area contributed by atoms with Gasteiger partial charge in [-0.15, -0.1) is 0 Å². The molecular weight excluding hydrogens is 500 g/mol. The van der Waals surface area contributed by atoms with Gasteiger partial charge in [0.2, 0.25) is 0 Å². The molecule has 6 aromatic rings. The van der Waals surface area contributed by atoms with Gasteiger partial charge in [0, 0.05) is 11.0 Å². The number of hydrogen-bond donors (Lipinski definition) is 1. The number of carboxylic acids is 1. The summed E-state index contributed by atoms with van der Waals surface area (Å²) in [6.07, 6.45) is 1.76. The van der Waals surface area contributed by atoms with Gasteiger partial charge in [0.15, 0.2) is 0 Å². The molecule has 7 rings (SSSR count). The van der Waals surface area contributed by atoms with Gasteiger partial charge in [0.1, 0.15) is 0 Å². The van der Waals surface area contributed by atoms with Crippen LogP contribution >= 0.6 is 0 Å². The van der Waals surface area contributed by atoms with E-state index >= 15 is 0 Å². The largest absolute Gasteiger partial charge is 0.478 e. The van der Waals surface area contributed by atoms with Crippen molar-refractivity contribution in [1.82, 2.24) is 0 Å². The zero-order valence-electron chi connectivity index (χ0n) is 23.4. The second-order valence-corrected chi connectivity index (χ2v) is 11.5. The number of benzene rings is 6. The molecule has 1 N–H and O–H groups in total. The Morgan fingerprint density at radius 3 is 1.68 bits per heavy atom. The van der Waals surface area contributed by atoms with Crippen LogP contribution in [0.5, 0.6) is 0 Å². The van der Waals surface area contributed by atoms with Crippen molar-refractivity contribution in [2.45, 2.75) is 26.2 Å². The minimum absolute atomic E-state index is 0.244. The van der Waals surface area contributed by atoms with Crippen LogP contribution in [0, 0.1) is 0 Å². The quantitative estimate of drug-likeness (QED) is 0.182. The van der Waals surface area contributed by atoms with Crippen molar-refractivity contribution < 1.29 is 9.90 Å². The number of aliphatic carboxylic acids is 1. The van der Waals surface area contributed by atoms with E-state index < -0.39 is 5.97 Å². The molecule has 0 atom stereocenters. The van der Waals surface area contributed by atoms with Crippen molar-refractivity contribution >= 4 is 33.6 Å². The average molecular weight is 531 g/mol. The molecule has 1 aliphatic rings. The Labute approximate surface area is 240 Å². The maximum absolute atomic E-state index is 11.5. The lowest BCUT2D eigenvalue weighted by Gasteiger charge is -2.24. The minimum atomic E-state index is -0.895. The van der Waals surface area contributed by atoms with Crippen LogP contribution in [0.1, 0.15) is 37.5 Å². The fourth-order valence-electron chi connectivity index (χ4n) is 6.65. The van der Waals surface area contributed by atoms with E-state index in [1.54, 1.807) is 13.0 Å².